The molecular weight excluding hydrogens is 234 g/mol. The monoisotopic (exact) mass is 249 g/mol. The molecule has 19 heavy (non-hydrogen) atoms. The molecule has 2 aromatic carbocycles. The Kier molecular flexibility index (Phi) is 2.25. The van der Waals surface area contributed by atoms with E-state index in [2.05, 4.69) is 53.4 Å². The van der Waals surface area contributed by atoms with Gasteiger partial charge < -0.3 is 9.69 Å². The smallest absolute Gasteiger partial charge is 0.125 e. The molecule has 2 aromatic rings. The van der Waals surface area contributed by atoms with Crippen molar-refractivity contribution < 1.29 is 4.79 Å². The molecule has 0 aliphatic carbocycles. The van der Waals surface area contributed by atoms with Crippen LogP contribution < -0.4 is 4.90 Å². The molecule has 0 spiro atoms. The first-order valence-corrected chi connectivity index (χ1v) is 6.76. The summed E-state index contributed by atoms with van der Waals surface area (Å²) >= 11 is 0. The first-order chi connectivity index (χ1) is 9.38. The second-order valence-electron chi connectivity index (χ2n) is 5.40. The average molecular weight is 249 g/mol. The molecule has 0 saturated carbocycles. The number of para-hydroxylation sites is 1. The van der Waals surface area contributed by atoms with Gasteiger partial charge in [-0.15, -0.1) is 0 Å². The highest BCUT2D eigenvalue weighted by Crippen LogP contribution is 2.47. The molecule has 2 atom stereocenters. The van der Waals surface area contributed by atoms with Gasteiger partial charge in [0.1, 0.15) is 6.29 Å². The van der Waals surface area contributed by atoms with Gasteiger partial charge in [0.25, 0.3) is 0 Å². The number of aldehydes is 1. The van der Waals surface area contributed by atoms with E-state index in [1.807, 2.05) is 0 Å². The van der Waals surface area contributed by atoms with Gasteiger partial charge in [-0.2, -0.15) is 0 Å². The molecule has 0 radical (unpaired) electrons. The van der Waals surface area contributed by atoms with Crippen LogP contribution in [0, 0.1) is 5.92 Å². The Balaban J connectivity index is 1.90. The number of fused-ring (bicyclic) bond motifs is 5. The summed E-state index contributed by atoms with van der Waals surface area (Å²) in [5, 5.41) is 0. The van der Waals surface area contributed by atoms with Crippen LogP contribution in [0.25, 0.3) is 0 Å². The Hall–Kier alpha value is -2.09. The maximum atomic E-state index is 11.5. The van der Waals surface area contributed by atoms with E-state index in [0.717, 1.165) is 19.3 Å². The van der Waals surface area contributed by atoms with E-state index in [4.69, 9.17) is 0 Å². The van der Waals surface area contributed by atoms with E-state index in [-0.39, 0.29) is 12.0 Å². The van der Waals surface area contributed by atoms with Crippen molar-refractivity contribution in [2.24, 2.45) is 5.92 Å². The number of carbonyl (C=O) groups excluding carboxylic acids is 1. The normalized spacial score (nSPS) is 23.5. The number of nitrogens with zero attached hydrogens (tertiary/aromatic N) is 1. The molecule has 0 fully saturated rings. The van der Waals surface area contributed by atoms with E-state index >= 15 is 0 Å². The summed E-state index contributed by atoms with van der Waals surface area (Å²) in [6.07, 6.45) is 1.99. The van der Waals surface area contributed by atoms with Gasteiger partial charge in [-0.3, -0.25) is 0 Å². The van der Waals surface area contributed by atoms with E-state index in [1.54, 1.807) is 0 Å². The lowest BCUT2D eigenvalue weighted by Crippen LogP contribution is -2.34. The fourth-order valence-electron chi connectivity index (χ4n) is 3.56. The Labute approximate surface area is 112 Å². The second-order valence-corrected chi connectivity index (χ2v) is 5.40. The lowest BCUT2D eigenvalue weighted by molar-refractivity contribution is -0.111. The molecule has 4 rings (SSSR count). The van der Waals surface area contributed by atoms with Crippen LogP contribution >= 0.6 is 0 Å². The van der Waals surface area contributed by atoms with E-state index in [1.165, 1.54) is 22.4 Å². The van der Waals surface area contributed by atoms with Crippen LogP contribution in [0.15, 0.2) is 48.5 Å². The number of hydrogen-bond acceptors (Lipinski definition) is 2. The van der Waals surface area contributed by atoms with E-state index in [9.17, 15) is 4.79 Å². The van der Waals surface area contributed by atoms with Crippen molar-refractivity contribution in [3.63, 3.8) is 0 Å². The minimum absolute atomic E-state index is 0.0681. The largest absolute Gasteiger partial charge is 0.359 e. The number of anilines is 1. The Morgan fingerprint density at radius 2 is 1.74 bits per heavy atom. The SMILES string of the molecule is O=C[C@@H]1Cc2ccccc2N2Cc3ccccc3[C@@H]12. The fraction of sp³-hybridized carbons (Fsp3) is 0.235. The third-order valence-corrected chi connectivity index (χ3v) is 4.39. The van der Waals surface area contributed by atoms with Crippen LogP contribution in [0.1, 0.15) is 22.7 Å². The summed E-state index contributed by atoms with van der Waals surface area (Å²) in [5.41, 5.74) is 5.27. The van der Waals surface area contributed by atoms with Gasteiger partial charge in [-0.1, -0.05) is 42.5 Å². The number of carbonyl (C=O) groups is 1. The van der Waals surface area contributed by atoms with Crippen molar-refractivity contribution in [2.75, 3.05) is 4.90 Å². The van der Waals surface area contributed by atoms with Gasteiger partial charge in [0.05, 0.1) is 6.04 Å². The van der Waals surface area contributed by atoms with Gasteiger partial charge in [-0.25, -0.2) is 0 Å². The van der Waals surface area contributed by atoms with Crippen molar-refractivity contribution in [3.05, 3.63) is 65.2 Å². The molecule has 2 aliphatic heterocycles. The lowest BCUT2D eigenvalue weighted by Gasteiger charge is -2.37. The van der Waals surface area contributed by atoms with E-state index in [0.29, 0.717) is 0 Å². The maximum Gasteiger partial charge on any atom is 0.125 e. The third kappa shape index (κ3) is 1.46. The highest BCUT2D eigenvalue weighted by molar-refractivity contribution is 5.69. The summed E-state index contributed by atoms with van der Waals surface area (Å²) in [6, 6.07) is 17.2. The second kappa shape index (κ2) is 3.95. The van der Waals surface area contributed by atoms with Crippen molar-refractivity contribution in [2.45, 2.75) is 19.0 Å². The molecule has 0 amide bonds. The molecule has 0 aromatic heterocycles. The molecule has 2 heteroatoms. The predicted molar refractivity (Wildman–Crippen MR) is 75.1 cm³/mol. The van der Waals surface area contributed by atoms with Crippen molar-refractivity contribution in [3.8, 4) is 0 Å². The van der Waals surface area contributed by atoms with Crippen LogP contribution in [0.2, 0.25) is 0 Å². The van der Waals surface area contributed by atoms with Gasteiger partial charge in [0.15, 0.2) is 0 Å². The maximum absolute atomic E-state index is 11.5. The topological polar surface area (TPSA) is 20.3 Å². The molecule has 0 N–H and O–H groups in total. The molecule has 2 aliphatic rings. The summed E-state index contributed by atoms with van der Waals surface area (Å²) in [7, 11) is 0. The summed E-state index contributed by atoms with van der Waals surface area (Å²) in [4.78, 5) is 13.9. The van der Waals surface area contributed by atoms with Crippen LogP contribution in [-0.2, 0) is 17.8 Å². The van der Waals surface area contributed by atoms with Gasteiger partial charge in [-0.05, 0) is 29.2 Å². The zero-order valence-corrected chi connectivity index (χ0v) is 10.6. The number of benzene rings is 2. The Morgan fingerprint density at radius 3 is 2.58 bits per heavy atom. The summed E-state index contributed by atoms with van der Waals surface area (Å²) in [6.45, 7) is 0.919. The predicted octanol–water partition coefficient (Wildman–Crippen LogP) is 3.12. The molecule has 2 nitrogen and oxygen atoms in total. The molecule has 2 heterocycles. The zero-order valence-electron chi connectivity index (χ0n) is 10.6. The first kappa shape index (κ1) is 10.8. The highest BCUT2D eigenvalue weighted by atomic mass is 16.1. The lowest BCUT2D eigenvalue weighted by atomic mass is 9.84. The minimum atomic E-state index is 0.0681. The van der Waals surface area contributed by atoms with Gasteiger partial charge >= 0.3 is 0 Å². The van der Waals surface area contributed by atoms with E-state index < -0.39 is 0 Å². The number of rotatable bonds is 1. The van der Waals surface area contributed by atoms with Crippen LogP contribution in [0.4, 0.5) is 5.69 Å². The Bertz CT molecular complexity index is 649. The molecule has 94 valence electrons. The molecule has 0 saturated heterocycles. The van der Waals surface area contributed by atoms with Crippen LogP contribution in [-0.4, -0.2) is 6.29 Å². The zero-order chi connectivity index (χ0) is 12.8. The van der Waals surface area contributed by atoms with Crippen molar-refractivity contribution in [1.82, 2.24) is 0 Å². The minimum Gasteiger partial charge on any atom is -0.359 e. The highest BCUT2D eigenvalue weighted by Gasteiger charge is 2.40. The molecule has 0 bridgehead atoms. The standard InChI is InChI=1S/C17H15NO/c19-11-14-9-12-5-2-4-8-16(12)18-10-13-6-1-3-7-15(13)17(14)18/h1-8,11,14,17H,9-10H2/t14-,17+/m0/s1. The Morgan fingerprint density at radius 1 is 1.00 bits per heavy atom. The van der Waals surface area contributed by atoms with Crippen molar-refractivity contribution in [1.29, 1.82) is 0 Å². The third-order valence-electron chi connectivity index (χ3n) is 4.39. The van der Waals surface area contributed by atoms with Gasteiger partial charge in [0, 0.05) is 18.2 Å². The van der Waals surface area contributed by atoms with Crippen molar-refractivity contribution >= 4 is 12.0 Å². The first-order valence-electron chi connectivity index (χ1n) is 6.76. The van der Waals surface area contributed by atoms with Crippen LogP contribution in [0.3, 0.4) is 0 Å². The molecule has 0 unspecified atom stereocenters. The van der Waals surface area contributed by atoms with Gasteiger partial charge in [0.2, 0.25) is 0 Å². The summed E-state index contributed by atoms with van der Waals surface area (Å²) < 4.78 is 0. The summed E-state index contributed by atoms with van der Waals surface area (Å²) in [5.74, 6) is 0.0681. The number of hydrogen-bond donors (Lipinski definition) is 0. The fourth-order valence-corrected chi connectivity index (χ4v) is 3.56. The quantitative estimate of drug-likeness (QED) is 0.724. The molecular formula is C17H15NO. The average Bonchev–Trinajstić information content (AvgIpc) is 2.86. The van der Waals surface area contributed by atoms with Crippen LogP contribution in [0.5, 0.6) is 0 Å².